The summed E-state index contributed by atoms with van der Waals surface area (Å²) >= 11 is 1.51. The molecule has 0 fully saturated rings. The van der Waals surface area contributed by atoms with Crippen LogP contribution in [0.1, 0.15) is 9.88 Å². The molecule has 0 amide bonds. The van der Waals surface area contributed by atoms with Crippen LogP contribution < -0.4 is 0 Å². The third kappa shape index (κ3) is 2.98. The minimum atomic E-state index is -0.948. The number of rotatable bonds is 4. The fraction of sp³-hybridized carbons (Fsp3) is 0.429. The second kappa shape index (κ2) is 4.18. The fourth-order valence-electron chi connectivity index (χ4n) is 0.711. The van der Waals surface area contributed by atoms with Crippen molar-refractivity contribution in [3.05, 3.63) is 16.1 Å². The molecule has 12 heavy (non-hydrogen) atoms. The fourth-order valence-corrected chi connectivity index (χ4v) is 1.44. The number of hydrogen-bond acceptors (Lipinski definition) is 4. The van der Waals surface area contributed by atoms with Gasteiger partial charge in [0, 0.05) is 6.20 Å². The van der Waals surface area contributed by atoms with E-state index in [2.05, 4.69) is 4.98 Å². The number of carboxylic acid groups (broad SMARTS) is 1. The molecule has 0 saturated carbocycles. The predicted molar refractivity (Wildman–Crippen MR) is 44.1 cm³/mol. The number of aromatic nitrogens is 1. The van der Waals surface area contributed by atoms with Crippen LogP contribution in [0.5, 0.6) is 0 Å². The van der Waals surface area contributed by atoms with E-state index in [-0.39, 0.29) is 6.61 Å². The Labute approximate surface area is 73.8 Å². The van der Waals surface area contributed by atoms with Crippen LogP contribution in [0.15, 0.2) is 6.20 Å². The molecule has 0 aromatic carbocycles. The minimum Gasteiger partial charge on any atom is -0.480 e. The summed E-state index contributed by atoms with van der Waals surface area (Å²) in [6.45, 7) is 1.97. The molecule has 4 nitrogen and oxygen atoms in total. The Morgan fingerprint density at radius 1 is 1.83 bits per heavy atom. The van der Waals surface area contributed by atoms with Crippen LogP contribution in [0.4, 0.5) is 0 Å². The van der Waals surface area contributed by atoms with Crippen molar-refractivity contribution in [1.29, 1.82) is 0 Å². The van der Waals surface area contributed by atoms with E-state index in [1.807, 2.05) is 6.92 Å². The summed E-state index contributed by atoms with van der Waals surface area (Å²) in [6.07, 6.45) is 1.70. The molecule has 0 unspecified atom stereocenters. The molecule has 0 radical (unpaired) electrons. The van der Waals surface area contributed by atoms with Gasteiger partial charge in [-0.2, -0.15) is 0 Å². The molecular weight excluding hydrogens is 178 g/mol. The molecule has 0 aliphatic rings. The number of carbonyl (C=O) groups is 1. The maximum atomic E-state index is 10.1. The SMILES string of the molecule is Cc1ncc(COCC(=O)O)s1. The second-order valence-corrected chi connectivity index (χ2v) is 3.55. The van der Waals surface area contributed by atoms with Gasteiger partial charge in [0.2, 0.25) is 0 Å². The maximum Gasteiger partial charge on any atom is 0.329 e. The second-order valence-electron chi connectivity index (χ2n) is 2.23. The summed E-state index contributed by atoms with van der Waals surface area (Å²) < 4.78 is 4.87. The van der Waals surface area contributed by atoms with E-state index in [4.69, 9.17) is 9.84 Å². The van der Waals surface area contributed by atoms with Crippen molar-refractivity contribution in [2.75, 3.05) is 6.61 Å². The number of nitrogens with zero attached hydrogens (tertiary/aromatic N) is 1. The van der Waals surface area contributed by atoms with Crippen LogP contribution in [-0.2, 0) is 16.1 Å². The van der Waals surface area contributed by atoms with E-state index in [9.17, 15) is 4.79 Å². The standard InChI is InChI=1S/C7H9NO3S/c1-5-8-2-6(12-5)3-11-4-7(9)10/h2H,3-4H2,1H3,(H,9,10). The van der Waals surface area contributed by atoms with Crippen molar-refractivity contribution in [2.45, 2.75) is 13.5 Å². The van der Waals surface area contributed by atoms with Crippen molar-refractivity contribution in [1.82, 2.24) is 4.98 Å². The summed E-state index contributed by atoms with van der Waals surface area (Å²) in [5.41, 5.74) is 0. The molecule has 0 aliphatic heterocycles. The van der Waals surface area contributed by atoms with Crippen molar-refractivity contribution < 1.29 is 14.6 Å². The zero-order valence-electron chi connectivity index (χ0n) is 6.61. The van der Waals surface area contributed by atoms with Gasteiger partial charge in [0.25, 0.3) is 0 Å². The van der Waals surface area contributed by atoms with Gasteiger partial charge in [0.05, 0.1) is 16.5 Å². The largest absolute Gasteiger partial charge is 0.480 e. The van der Waals surface area contributed by atoms with E-state index < -0.39 is 5.97 Å². The number of aryl methyl sites for hydroxylation is 1. The minimum absolute atomic E-state index is 0.253. The lowest BCUT2D eigenvalue weighted by Gasteiger charge is -1.95. The Morgan fingerprint density at radius 3 is 3.08 bits per heavy atom. The smallest absolute Gasteiger partial charge is 0.329 e. The molecule has 0 saturated heterocycles. The van der Waals surface area contributed by atoms with Gasteiger partial charge in [-0.1, -0.05) is 0 Å². The van der Waals surface area contributed by atoms with E-state index >= 15 is 0 Å². The van der Waals surface area contributed by atoms with Gasteiger partial charge < -0.3 is 9.84 Å². The topological polar surface area (TPSA) is 59.4 Å². The van der Waals surface area contributed by atoms with E-state index in [1.165, 1.54) is 11.3 Å². The third-order valence-corrected chi connectivity index (χ3v) is 2.03. The molecule has 0 aliphatic carbocycles. The number of hydrogen-bond donors (Lipinski definition) is 1. The third-order valence-electron chi connectivity index (χ3n) is 1.14. The van der Waals surface area contributed by atoms with Gasteiger partial charge >= 0.3 is 5.97 Å². The highest BCUT2D eigenvalue weighted by atomic mass is 32.1. The maximum absolute atomic E-state index is 10.1. The van der Waals surface area contributed by atoms with Gasteiger partial charge in [0.1, 0.15) is 6.61 Å². The van der Waals surface area contributed by atoms with Crippen molar-refractivity contribution in [2.24, 2.45) is 0 Å². The summed E-state index contributed by atoms with van der Waals surface area (Å²) in [5.74, 6) is -0.948. The highest BCUT2D eigenvalue weighted by Gasteiger charge is 2.00. The quantitative estimate of drug-likeness (QED) is 0.765. The predicted octanol–water partition coefficient (Wildman–Crippen LogP) is 1.05. The average molecular weight is 187 g/mol. The van der Waals surface area contributed by atoms with Crippen molar-refractivity contribution >= 4 is 17.3 Å². The van der Waals surface area contributed by atoms with Crippen molar-refractivity contribution in [3.8, 4) is 0 Å². The van der Waals surface area contributed by atoms with Crippen LogP contribution >= 0.6 is 11.3 Å². The Morgan fingerprint density at radius 2 is 2.58 bits per heavy atom. The number of aliphatic carboxylic acids is 1. The lowest BCUT2D eigenvalue weighted by Crippen LogP contribution is -2.05. The highest BCUT2D eigenvalue weighted by molar-refractivity contribution is 7.11. The normalized spacial score (nSPS) is 10.1. The molecule has 1 rings (SSSR count). The number of carboxylic acids is 1. The Bertz CT molecular complexity index is 271. The molecule has 0 spiro atoms. The molecular formula is C7H9NO3S. The first-order valence-corrected chi connectivity index (χ1v) is 4.21. The van der Waals surface area contributed by atoms with Gasteiger partial charge in [0.15, 0.2) is 0 Å². The van der Waals surface area contributed by atoms with Crippen LogP contribution in [0.3, 0.4) is 0 Å². The first kappa shape index (κ1) is 9.15. The molecule has 0 bridgehead atoms. The first-order chi connectivity index (χ1) is 5.68. The molecule has 1 heterocycles. The highest BCUT2D eigenvalue weighted by Crippen LogP contribution is 2.11. The lowest BCUT2D eigenvalue weighted by atomic mass is 10.6. The zero-order chi connectivity index (χ0) is 8.97. The molecule has 1 N–H and O–H groups in total. The first-order valence-electron chi connectivity index (χ1n) is 3.39. The van der Waals surface area contributed by atoms with Crippen molar-refractivity contribution in [3.63, 3.8) is 0 Å². The Balaban J connectivity index is 2.29. The molecule has 1 aromatic rings. The van der Waals surface area contributed by atoms with Gasteiger partial charge in [-0.25, -0.2) is 9.78 Å². The van der Waals surface area contributed by atoms with E-state index in [0.717, 1.165) is 9.88 Å². The summed E-state index contributed by atoms with van der Waals surface area (Å²) in [7, 11) is 0. The zero-order valence-corrected chi connectivity index (χ0v) is 7.43. The molecule has 1 aromatic heterocycles. The van der Waals surface area contributed by atoms with E-state index in [0.29, 0.717) is 6.61 Å². The monoisotopic (exact) mass is 187 g/mol. The summed E-state index contributed by atoms with van der Waals surface area (Å²) in [6, 6.07) is 0. The summed E-state index contributed by atoms with van der Waals surface area (Å²) in [5, 5.41) is 9.22. The van der Waals surface area contributed by atoms with Gasteiger partial charge in [-0.15, -0.1) is 11.3 Å². The van der Waals surface area contributed by atoms with Crippen LogP contribution in [0, 0.1) is 6.92 Å². The Hall–Kier alpha value is -0.940. The van der Waals surface area contributed by atoms with Gasteiger partial charge in [-0.3, -0.25) is 0 Å². The number of ether oxygens (including phenoxy) is 1. The average Bonchev–Trinajstić information content (AvgIpc) is 2.35. The van der Waals surface area contributed by atoms with Gasteiger partial charge in [-0.05, 0) is 6.92 Å². The molecule has 66 valence electrons. The lowest BCUT2D eigenvalue weighted by molar-refractivity contribution is -0.142. The summed E-state index contributed by atoms with van der Waals surface area (Å²) in [4.78, 5) is 15.0. The van der Waals surface area contributed by atoms with E-state index in [1.54, 1.807) is 6.20 Å². The molecule has 0 atom stereocenters. The number of thiazole rings is 1. The van der Waals surface area contributed by atoms with Crippen LogP contribution in [-0.4, -0.2) is 22.7 Å². The Kier molecular flexibility index (Phi) is 3.19. The molecule has 5 heteroatoms. The van der Waals surface area contributed by atoms with Crippen LogP contribution in [0.25, 0.3) is 0 Å². The van der Waals surface area contributed by atoms with Crippen LogP contribution in [0.2, 0.25) is 0 Å².